The molecule has 1 amide bonds. The molecule has 1 atom stereocenters. The zero-order valence-corrected chi connectivity index (χ0v) is 16.2. The Bertz CT molecular complexity index is 1250. The van der Waals surface area contributed by atoms with Crippen molar-refractivity contribution in [2.45, 2.75) is 19.3 Å². The van der Waals surface area contributed by atoms with Crippen molar-refractivity contribution in [3.05, 3.63) is 76.6 Å². The molecule has 6 nitrogen and oxygen atoms in total. The average Bonchev–Trinajstić information content (AvgIpc) is 3.28. The van der Waals surface area contributed by atoms with Crippen LogP contribution in [0.5, 0.6) is 0 Å². The molecule has 4 aromatic rings. The Labute approximate surface area is 171 Å². The highest BCUT2D eigenvalue weighted by Gasteiger charge is 2.37. The lowest BCUT2D eigenvalue weighted by atomic mass is 9.87. The summed E-state index contributed by atoms with van der Waals surface area (Å²) in [4.78, 5) is 25.7. The number of halogens is 1. The lowest BCUT2D eigenvalue weighted by Crippen LogP contribution is -2.28. The topological polar surface area (TPSA) is 77.1 Å². The predicted octanol–water partition coefficient (Wildman–Crippen LogP) is 4.89. The number of nitrogens with zero attached hydrogens (tertiary/aromatic N) is 2. The van der Waals surface area contributed by atoms with Crippen molar-refractivity contribution in [2.75, 3.05) is 5.32 Å². The van der Waals surface area contributed by atoms with Gasteiger partial charge in [0.2, 0.25) is 11.7 Å². The zero-order valence-electron chi connectivity index (χ0n) is 15.5. The van der Waals surface area contributed by atoms with Crippen LogP contribution in [-0.2, 0) is 4.79 Å². The van der Waals surface area contributed by atoms with Crippen LogP contribution in [0.2, 0.25) is 5.02 Å². The number of fused-ring (bicyclic) bond motifs is 2. The maximum absolute atomic E-state index is 13.3. The van der Waals surface area contributed by atoms with Gasteiger partial charge in [-0.2, -0.15) is 5.10 Å². The first kappa shape index (κ1) is 17.7. The van der Waals surface area contributed by atoms with Crippen LogP contribution < -0.4 is 5.32 Å². The van der Waals surface area contributed by atoms with E-state index in [2.05, 4.69) is 10.4 Å². The molecule has 0 bridgehead atoms. The number of nitrogens with one attached hydrogen (secondary N) is 1. The van der Waals surface area contributed by atoms with Crippen molar-refractivity contribution in [1.82, 2.24) is 9.78 Å². The maximum Gasteiger partial charge on any atom is 0.226 e. The van der Waals surface area contributed by atoms with Crippen LogP contribution in [0.25, 0.3) is 16.7 Å². The van der Waals surface area contributed by atoms with E-state index in [0.717, 1.165) is 5.39 Å². The molecule has 2 aromatic carbocycles. The van der Waals surface area contributed by atoms with E-state index in [1.807, 2.05) is 43.3 Å². The van der Waals surface area contributed by atoms with Gasteiger partial charge in [-0.25, -0.2) is 4.68 Å². The Morgan fingerprint density at radius 2 is 2.03 bits per heavy atom. The number of aryl methyl sites for hydroxylation is 1. The molecule has 3 heterocycles. The van der Waals surface area contributed by atoms with Gasteiger partial charge < -0.3 is 9.73 Å². The fraction of sp³-hybridized carbons (Fsp3) is 0.136. The third kappa shape index (κ3) is 2.93. The maximum atomic E-state index is 13.3. The van der Waals surface area contributed by atoms with Crippen molar-refractivity contribution in [3.8, 4) is 5.69 Å². The third-order valence-electron chi connectivity index (χ3n) is 5.14. The summed E-state index contributed by atoms with van der Waals surface area (Å²) in [5, 5.41) is 8.84. The van der Waals surface area contributed by atoms with Gasteiger partial charge in [0.1, 0.15) is 11.4 Å². The second kappa shape index (κ2) is 6.60. The first-order valence-electron chi connectivity index (χ1n) is 9.19. The largest absolute Gasteiger partial charge is 0.453 e. The predicted molar refractivity (Wildman–Crippen MR) is 110 cm³/mol. The highest BCUT2D eigenvalue weighted by Crippen LogP contribution is 2.39. The molecule has 2 aromatic heterocycles. The van der Waals surface area contributed by atoms with E-state index in [-0.39, 0.29) is 23.9 Å². The van der Waals surface area contributed by atoms with E-state index < -0.39 is 5.92 Å². The van der Waals surface area contributed by atoms with Gasteiger partial charge in [-0.1, -0.05) is 35.9 Å². The van der Waals surface area contributed by atoms with Crippen LogP contribution in [0.3, 0.4) is 0 Å². The molecule has 1 aliphatic rings. The van der Waals surface area contributed by atoms with Crippen LogP contribution in [0, 0.1) is 6.92 Å². The number of anilines is 1. The molecular weight excluding hydrogens is 390 g/mol. The molecule has 7 heteroatoms. The van der Waals surface area contributed by atoms with Crippen molar-refractivity contribution in [3.63, 3.8) is 0 Å². The molecule has 5 rings (SSSR count). The number of aromatic nitrogens is 2. The second-order valence-corrected chi connectivity index (χ2v) is 7.49. The highest BCUT2D eigenvalue weighted by atomic mass is 35.5. The number of furan rings is 1. The molecule has 0 saturated heterocycles. The van der Waals surface area contributed by atoms with Gasteiger partial charge in [0, 0.05) is 22.4 Å². The second-order valence-electron chi connectivity index (χ2n) is 7.06. The van der Waals surface area contributed by atoms with Gasteiger partial charge >= 0.3 is 0 Å². The first-order valence-corrected chi connectivity index (χ1v) is 9.57. The minimum absolute atomic E-state index is 0.0466. The number of rotatable bonds is 3. The molecule has 29 heavy (non-hydrogen) atoms. The minimum Gasteiger partial charge on any atom is -0.453 e. The summed E-state index contributed by atoms with van der Waals surface area (Å²) in [7, 11) is 0. The lowest BCUT2D eigenvalue weighted by molar-refractivity contribution is -0.116. The van der Waals surface area contributed by atoms with Crippen LogP contribution in [0.4, 0.5) is 5.82 Å². The van der Waals surface area contributed by atoms with Crippen molar-refractivity contribution >= 4 is 40.1 Å². The molecule has 1 aliphatic heterocycles. The Balaban J connectivity index is 1.62. The molecule has 144 valence electrons. The molecule has 0 radical (unpaired) electrons. The Morgan fingerprint density at radius 3 is 2.83 bits per heavy atom. The summed E-state index contributed by atoms with van der Waals surface area (Å²) in [5.41, 5.74) is 2.73. The molecular formula is C22H16ClN3O3. The van der Waals surface area contributed by atoms with E-state index in [0.29, 0.717) is 33.4 Å². The molecule has 1 N–H and O–H groups in total. The quantitative estimate of drug-likeness (QED) is 0.492. The van der Waals surface area contributed by atoms with E-state index in [1.54, 1.807) is 22.9 Å². The molecule has 0 spiro atoms. The third-order valence-corrected chi connectivity index (χ3v) is 5.38. The van der Waals surface area contributed by atoms with E-state index in [4.69, 9.17) is 16.0 Å². The van der Waals surface area contributed by atoms with Gasteiger partial charge in [0.15, 0.2) is 5.76 Å². The number of Topliss-reactive ketones (excluding diaryl/α,β-unsaturated/α-hetero) is 1. The van der Waals surface area contributed by atoms with Crippen LogP contribution in [0.15, 0.2) is 59.0 Å². The van der Waals surface area contributed by atoms with Gasteiger partial charge in [0.05, 0.1) is 17.3 Å². The van der Waals surface area contributed by atoms with Gasteiger partial charge in [-0.3, -0.25) is 9.59 Å². The van der Waals surface area contributed by atoms with E-state index in [1.165, 1.54) is 0 Å². The number of ketones is 1. The fourth-order valence-corrected chi connectivity index (χ4v) is 4.03. The van der Waals surface area contributed by atoms with E-state index in [9.17, 15) is 9.59 Å². The number of hydrogen-bond acceptors (Lipinski definition) is 4. The van der Waals surface area contributed by atoms with E-state index >= 15 is 0 Å². The van der Waals surface area contributed by atoms with Crippen LogP contribution >= 0.6 is 11.6 Å². The Morgan fingerprint density at radius 1 is 1.21 bits per heavy atom. The Hall–Kier alpha value is -3.38. The highest BCUT2D eigenvalue weighted by molar-refractivity contribution is 6.30. The number of hydrogen-bond donors (Lipinski definition) is 1. The number of carbonyl (C=O) groups is 2. The van der Waals surface area contributed by atoms with Crippen molar-refractivity contribution in [1.29, 1.82) is 0 Å². The van der Waals surface area contributed by atoms with Crippen LogP contribution in [-0.4, -0.2) is 21.5 Å². The monoisotopic (exact) mass is 405 g/mol. The average molecular weight is 406 g/mol. The summed E-state index contributed by atoms with van der Waals surface area (Å²) in [6.45, 7) is 1.83. The smallest absolute Gasteiger partial charge is 0.226 e. The van der Waals surface area contributed by atoms with Crippen LogP contribution in [0.1, 0.15) is 34.2 Å². The molecule has 0 fully saturated rings. The summed E-state index contributed by atoms with van der Waals surface area (Å²) < 4.78 is 7.37. The van der Waals surface area contributed by atoms with Crippen molar-refractivity contribution < 1.29 is 14.0 Å². The number of carbonyl (C=O) groups excluding carboxylic acids is 2. The molecule has 1 unspecified atom stereocenters. The van der Waals surface area contributed by atoms with Gasteiger partial charge in [-0.15, -0.1) is 0 Å². The summed E-state index contributed by atoms with van der Waals surface area (Å²) >= 11 is 6.12. The first-order chi connectivity index (χ1) is 14.0. The SMILES string of the molecule is Cc1nn(-c2cccc(Cl)c2)c2c1C(C(=O)c1cc3ccccc3o1)CC(=O)N2. The normalized spacial score (nSPS) is 15.9. The van der Waals surface area contributed by atoms with Gasteiger partial charge in [-0.05, 0) is 37.3 Å². The van der Waals surface area contributed by atoms with Crippen molar-refractivity contribution in [2.24, 2.45) is 0 Å². The Kier molecular flexibility index (Phi) is 4.03. The summed E-state index contributed by atoms with van der Waals surface area (Å²) in [5.74, 6) is -0.393. The minimum atomic E-state index is -0.660. The summed E-state index contributed by atoms with van der Waals surface area (Å²) in [6.07, 6.45) is 0.0466. The zero-order chi connectivity index (χ0) is 20.1. The van der Waals surface area contributed by atoms with Gasteiger partial charge in [0.25, 0.3) is 0 Å². The standard InChI is InChI=1S/C22H16ClN3O3/c1-12-20-16(21(28)18-9-13-5-2-3-8-17(13)29-18)11-19(27)24-22(20)26(25-12)15-7-4-6-14(23)10-15/h2-10,16H,11H2,1H3,(H,24,27). The fourth-order valence-electron chi connectivity index (χ4n) is 3.84. The molecule has 0 saturated carbocycles. The summed E-state index contributed by atoms with van der Waals surface area (Å²) in [6, 6.07) is 16.3. The number of amides is 1. The lowest BCUT2D eigenvalue weighted by Gasteiger charge is -2.22. The molecule has 0 aliphatic carbocycles. The number of para-hydroxylation sites is 1. The number of benzene rings is 2.